The molecule has 0 aromatic carbocycles. The summed E-state index contributed by atoms with van der Waals surface area (Å²) in [5, 5.41) is 2.32. The standard InChI is InChI=1S/C20H34O4S2/c1-13-14(2)19(24-16(4)22)18(11-17(13)12-23-15(3)21)26-25-10-8-9-20(5,6)7/h8,10,13-14,17-19H,9,11-12H2,1-7H3/b10-8-/t13-,14-,17?,18+,19?/m0/s1. The van der Waals surface area contributed by atoms with Crippen molar-refractivity contribution in [3.63, 3.8) is 0 Å². The molecule has 0 spiro atoms. The van der Waals surface area contributed by atoms with Crippen LogP contribution in [0.3, 0.4) is 0 Å². The van der Waals surface area contributed by atoms with Gasteiger partial charge in [-0.3, -0.25) is 9.59 Å². The summed E-state index contributed by atoms with van der Waals surface area (Å²) in [6.07, 6.45) is 4.00. The zero-order valence-corrected chi connectivity index (χ0v) is 18.7. The first-order chi connectivity index (χ1) is 12.0. The Bertz CT molecular complexity index is 497. The number of hydrogen-bond acceptors (Lipinski definition) is 6. The van der Waals surface area contributed by atoms with Gasteiger partial charge < -0.3 is 9.47 Å². The zero-order valence-electron chi connectivity index (χ0n) is 17.1. The molecule has 0 aliphatic heterocycles. The van der Waals surface area contributed by atoms with Crippen molar-refractivity contribution in [2.75, 3.05) is 6.61 Å². The van der Waals surface area contributed by atoms with Gasteiger partial charge in [0.05, 0.1) is 11.9 Å². The summed E-state index contributed by atoms with van der Waals surface area (Å²) in [4.78, 5) is 22.8. The van der Waals surface area contributed by atoms with Gasteiger partial charge in [0.2, 0.25) is 0 Å². The maximum absolute atomic E-state index is 11.6. The quantitative estimate of drug-likeness (QED) is 0.415. The number of carbonyl (C=O) groups excluding carboxylic acids is 2. The van der Waals surface area contributed by atoms with E-state index in [1.807, 2.05) is 0 Å². The van der Waals surface area contributed by atoms with Gasteiger partial charge in [0.25, 0.3) is 0 Å². The van der Waals surface area contributed by atoms with Crippen molar-refractivity contribution in [2.45, 2.75) is 72.7 Å². The van der Waals surface area contributed by atoms with Crippen LogP contribution in [0.2, 0.25) is 0 Å². The SMILES string of the molecule is CC(=O)OCC1C[C@@H](SS/C=C\CC(C)(C)C)C(OC(C)=O)[C@@H](C)[C@@H]1C. The third-order valence-electron chi connectivity index (χ3n) is 4.86. The van der Waals surface area contributed by atoms with Crippen LogP contribution in [0.15, 0.2) is 11.5 Å². The molecule has 1 aliphatic carbocycles. The first kappa shape index (κ1) is 23.4. The third-order valence-corrected chi connectivity index (χ3v) is 7.39. The smallest absolute Gasteiger partial charge is 0.302 e. The van der Waals surface area contributed by atoms with Gasteiger partial charge in [-0.2, -0.15) is 0 Å². The molecule has 26 heavy (non-hydrogen) atoms. The van der Waals surface area contributed by atoms with E-state index in [0.29, 0.717) is 12.5 Å². The number of ether oxygens (including phenoxy) is 2. The largest absolute Gasteiger partial charge is 0.466 e. The molecule has 0 saturated heterocycles. The minimum atomic E-state index is -0.240. The molecular weight excluding hydrogens is 368 g/mol. The van der Waals surface area contributed by atoms with Crippen molar-refractivity contribution in [1.82, 2.24) is 0 Å². The Kier molecular flexibility index (Phi) is 9.59. The Morgan fingerprint density at radius 3 is 2.31 bits per heavy atom. The number of esters is 2. The van der Waals surface area contributed by atoms with Crippen LogP contribution in [0.5, 0.6) is 0 Å². The lowest BCUT2D eigenvalue weighted by molar-refractivity contribution is -0.153. The van der Waals surface area contributed by atoms with E-state index in [2.05, 4.69) is 46.1 Å². The second-order valence-corrected chi connectivity index (χ2v) is 10.9. The second kappa shape index (κ2) is 10.6. The molecule has 0 bridgehead atoms. The van der Waals surface area contributed by atoms with Gasteiger partial charge in [-0.05, 0) is 41.4 Å². The normalized spacial score (nSPS) is 29.6. The fourth-order valence-electron chi connectivity index (χ4n) is 3.17. The fourth-order valence-corrected chi connectivity index (χ4v) is 5.71. The van der Waals surface area contributed by atoms with E-state index in [4.69, 9.17) is 9.47 Å². The van der Waals surface area contributed by atoms with E-state index >= 15 is 0 Å². The molecule has 0 heterocycles. The van der Waals surface area contributed by atoms with Crippen molar-refractivity contribution < 1.29 is 19.1 Å². The molecule has 0 N–H and O–H groups in total. The van der Waals surface area contributed by atoms with Crippen LogP contribution in [-0.2, 0) is 19.1 Å². The molecule has 0 amide bonds. The molecule has 150 valence electrons. The van der Waals surface area contributed by atoms with E-state index in [0.717, 1.165) is 12.8 Å². The maximum Gasteiger partial charge on any atom is 0.302 e. The third kappa shape index (κ3) is 8.38. The minimum absolute atomic E-state index is 0.107. The summed E-state index contributed by atoms with van der Waals surface area (Å²) in [6, 6.07) is 0. The van der Waals surface area contributed by atoms with Gasteiger partial charge in [0.15, 0.2) is 0 Å². The minimum Gasteiger partial charge on any atom is -0.466 e. The average molecular weight is 403 g/mol. The Balaban J connectivity index is 2.73. The molecule has 1 saturated carbocycles. The van der Waals surface area contributed by atoms with Gasteiger partial charge in [-0.25, -0.2) is 0 Å². The molecule has 4 nitrogen and oxygen atoms in total. The Hall–Kier alpha value is -0.620. The fraction of sp³-hybridized carbons (Fsp3) is 0.800. The highest BCUT2D eigenvalue weighted by molar-refractivity contribution is 8.78. The molecule has 6 heteroatoms. The molecule has 0 radical (unpaired) electrons. The first-order valence-corrected chi connectivity index (χ1v) is 11.6. The van der Waals surface area contributed by atoms with Crippen LogP contribution in [0.25, 0.3) is 0 Å². The molecule has 1 fully saturated rings. The van der Waals surface area contributed by atoms with Crippen LogP contribution < -0.4 is 0 Å². The average Bonchev–Trinajstić information content (AvgIpc) is 2.50. The van der Waals surface area contributed by atoms with Gasteiger partial charge in [-0.1, -0.05) is 62.3 Å². The molecule has 5 atom stereocenters. The predicted molar refractivity (Wildman–Crippen MR) is 111 cm³/mol. The number of carbonyl (C=O) groups is 2. The van der Waals surface area contributed by atoms with Crippen molar-refractivity contribution in [2.24, 2.45) is 23.2 Å². The van der Waals surface area contributed by atoms with Crippen LogP contribution >= 0.6 is 21.6 Å². The lowest BCUT2D eigenvalue weighted by atomic mass is 9.72. The highest BCUT2D eigenvalue weighted by atomic mass is 33.1. The Morgan fingerprint density at radius 2 is 1.77 bits per heavy atom. The molecule has 2 unspecified atom stereocenters. The van der Waals surface area contributed by atoms with Crippen molar-refractivity contribution in [3.05, 3.63) is 11.5 Å². The lowest BCUT2D eigenvalue weighted by Crippen LogP contribution is -2.46. The summed E-state index contributed by atoms with van der Waals surface area (Å²) < 4.78 is 10.9. The number of hydrogen-bond donors (Lipinski definition) is 0. The summed E-state index contributed by atoms with van der Waals surface area (Å²) in [5.74, 6) is 0.376. The Labute approximate surface area is 166 Å². The summed E-state index contributed by atoms with van der Waals surface area (Å²) in [7, 11) is 3.45. The maximum atomic E-state index is 11.6. The highest BCUT2D eigenvalue weighted by Gasteiger charge is 2.43. The van der Waals surface area contributed by atoms with Crippen molar-refractivity contribution >= 4 is 33.5 Å². The predicted octanol–water partition coefficient (Wildman–Crippen LogP) is 5.47. The number of allylic oxidation sites excluding steroid dienone is 1. The monoisotopic (exact) mass is 402 g/mol. The van der Waals surface area contributed by atoms with Crippen molar-refractivity contribution in [3.8, 4) is 0 Å². The highest BCUT2D eigenvalue weighted by Crippen LogP contribution is 2.45. The van der Waals surface area contributed by atoms with Crippen LogP contribution in [0.4, 0.5) is 0 Å². The van der Waals surface area contributed by atoms with E-state index in [1.54, 1.807) is 21.6 Å². The van der Waals surface area contributed by atoms with Crippen LogP contribution in [0, 0.1) is 23.2 Å². The summed E-state index contributed by atoms with van der Waals surface area (Å²) >= 11 is 0. The van der Waals surface area contributed by atoms with Crippen LogP contribution in [-0.4, -0.2) is 29.9 Å². The molecule has 1 aliphatic rings. The van der Waals surface area contributed by atoms with E-state index in [9.17, 15) is 9.59 Å². The molecule has 1 rings (SSSR count). The van der Waals surface area contributed by atoms with Gasteiger partial charge >= 0.3 is 11.9 Å². The topological polar surface area (TPSA) is 52.6 Å². The Morgan fingerprint density at radius 1 is 1.12 bits per heavy atom. The van der Waals surface area contributed by atoms with Gasteiger partial charge in [0, 0.05) is 13.8 Å². The second-order valence-electron chi connectivity index (χ2n) is 8.46. The molecule has 0 aromatic rings. The van der Waals surface area contributed by atoms with Crippen molar-refractivity contribution in [1.29, 1.82) is 0 Å². The molecular formula is C20H34O4S2. The lowest BCUT2D eigenvalue weighted by Gasteiger charge is -2.43. The van der Waals surface area contributed by atoms with E-state index in [1.165, 1.54) is 13.8 Å². The zero-order chi connectivity index (χ0) is 19.9. The molecule has 0 aromatic heterocycles. The van der Waals surface area contributed by atoms with E-state index < -0.39 is 0 Å². The first-order valence-electron chi connectivity index (χ1n) is 9.29. The number of rotatable bonds is 7. The van der Waals surface area contributed by atoms with Crippen LogP contribution in [0.1, 0.15) is 61.3 Å². The van der Waals surface area contributed by atoms with E-state index in [-0.39, 0.29) is 40.5 Å². The summed E-state index contributed by atoms with van der Waals surface area (Å²) in [5.41, 5.74) is 0.284. The summed E-state index contributed by atoms with van der Waals surface area (Å²) in [6.45, 7) is 14.3. The van der Waals surface area contributed by atoms with Gasteiger partial charge in [-0.15, -0.1) is 0 Å². The van der Waals surface area contributed by atoms with Gasteiger partial charge in [0.1, 0.15) is 6.10 Å².